The second-order valence-corrected chi connectivity index (χ2v) is 8.02. The topological polar surface area (TPSA) is 18.5 Å². The maximum absolute atomic E-state index is 6.19. The molecule has 0 saturated heterocycles. The molecule has 0 aromatic heterocycles. The third kappa shape index (κ3) is 6.94. The number of rotatable bonds is 11. The van der Waals surface area contributed by atoms with Crippen molar-refractivity contribution in [3.63, 3.8) is 0 Å². The molecular formula is C17H34O2Si. The molecule has 2 atom stereocenters. The van der Waals surface area contributed by atoms with Crippen molar-refractivity contribution in [2.45, 2.75) is 78.7 Å². The van der Waals surface area contributed by atoms with E-state index in [1.54, 1.807) is 0 Å². The minimum absolute atomic E-state index is 0.772. The summed E-state index contributed by atoms with van der Waals surface area (Å²) >= 11 is 0. The van der Waals surface area contributed by atoms with Crippen LogP contribution in [0.1, 0.15) is 72.6 Å². The molecule has 1 rings (SSSR count). The highest BCUT2D eigenvalue weighted by atomic mass is 28.3. The minimum Gasteiger partial charge on any atom is -0.526 e. The maximum atomic E-state index is 6.19. The van der Waals surface area contributed by atoms with Crippen LogP contribution in [0.5, 0.6) is 0 Å². The van der Waals surface area contributed by atoms with E-state index in [9.17, 15) is 0 Å². The fourth-order valence-corrected chi connectivity index (χ4v) is 5.05. The van der Waals surface area contributed by atoms with Gasteiger partial charge in [-0.1, -0.05) is 46.0 Å². The number of allylic oxidation sites excluding steroid dienone is 2. The highest BCUT2D eigenvalue weighted by molar-refractivity contribution is 6.44. The predicted molar refractivity (Wildman–Crippen MR) is 89.1 cm³/mol. The molecule has 0 N–H and O–H groups in total. The zero-order valence-corrected chi connectivity index (χ0v) is 15.1. The quantitative estimate of drug-likeness (QED) is 0.386. The first kappa shape index (κ1) is 17.8. The molecule has 3 heteroatoms. The summed E-state index contributed by atoms with van der Waals surface area (Å²) in [5.41, 5.74) is 0. The van der Waals surface area contributed by atoms with Crippen molar-refractivity contribution < 1.29 is 8.85 Å². The summed E-state index contributed by atoms with van der Waals surface area (Å²) in [5.74, 6) is 2.67. The Morgan fingerprint density at radius 3 is 2.55 bits per heavy atom. The molecule has 0 aromatic rings. The molecule has 1 aliphatic carbocycles. The van der Waals surface area contributed by atoms with Crippen molar-refractivity contribution in [1.82, 2.24) is 0 Å². The van der Waals surface area contributed by atoms with Gasteiger partial charge in [-0.25, -0.2) is 0 Å². The molecule has 0 radical (unpaired) electrons. The van der Waals surface area contributed by atoms with Gasteiger partial charge >= 0.3 is 9.28 Å². The number of hydrogen-bond donors (Lipinski definition) is 0. The van der Waals surface area contributed by atoms with Gasteiger partial charge in [0.05, 0.1) is 5.76 Å². The molecule has 1 aliphatic rings. The molecule has 0 amide bonds. The van der Waals surface area contributed by atoms with Crippen molar-refractivity contribution in [3.8, 4) is 0 Å². The van der Waals surface area contributed by atoms with E-state index in [-0.39, 0.29) is 0 Å². The summed E-state index contributed by atoms with van der Waals surface area (Å²) < 4.78 is 12.1. The van der Waals surface area contributed by atoms with E-state index < -0.39 is 9.28 Å². The van der Waals surface area contributed by atoms with Crippen LogP contribution in [0.4, 0.5) is 0 Å². The molecule has 2 nitrogen and oxygen atoms in total. The molecule has 1 saturated carbocycles. The Morgan fingerprint density at radius 1 is 1.30 bits per heavy atom. The van der Waals surface area contributed by atoms with Crippen LogP contribution in [0.25, 0.3) is 0 Å². The lowest BCUT2D eigenvalue weighted by molar-refractivity contribution is 0.235. The van der Waals surface area contributed by atoms with Gasteiger partial charge in [0.25, 0.3) is 0 Å². The third-order valence-corrected chi connectivity index (χ3v) is 6.75. The Labute approximate surface area is 127 Å². The fourth-order valence-electron chi connectivity index (χ4n) is 2.77. The molecule has 0 heterocycles. The first-order chi connectivity index (χ1) is 9.69. The number of hydrogen-bond acceptors (Lipinski definition) is 2. The molecular weight excluding hydrogens is 264 g/mol. The lowest BCUT2D eigenvalue weighted by atomic mass is 9.85. The first-order valence-corrected chi connectivity index (χ1v) is 10.4. The summed E-state index contributed by atoms with van der Waals surface area (Å²) in [6.07, 6.45) is 11.6. The van der Waals surface area contributed by atoms with Gasteiger partial charge in [0, 0.05) is 12.7 Å². The Kier molecular flexibility index (Phi) is 9.28. The Balaban J connectivity index is 2.42. The second kappa shape index (κ2) is 10.4. The van der Waals surface area contributed by atoms with Crippen LogP contribution < -0.4 is 0 Å². The van der Waals surface area contributed by atoms with Crippen LogP contribution in [0.3, 0.4) is 0 Å². The fraction of sp³-hybridized carbons (Fsp3) is 0.882. The van der Waals surface area contributed by atoms with Gasteiger partial charge in [-0.05, 0) is 44.6 Å². The Bertz CT molecular complexity index is 274. The molecule has 20 heavy (non-hydrogen) atoms. The first-order valence-electron chi connectivity index (χ1n) is 8.66. The predicted octanol–water partition coefficient (Wildman–Crippen LogP) is 5.18. The van der Waals surface area contributed by atoms with E-state index in [1.165, 1.54) is 51.0 Å². The van der Waals surface area contributed by atoms with Gasteiger partial charge in [0.2, 0.25) is 0 Å². The average molecular weight is 299 g/mol. The summed E-state index contributed by atoms with van der Waals surface area (Å²) in [5, 5.41) is 0. The van der Waals surface area contributed by atoms with E-state index in [2.05, 4.69) is 33.8 Å². The molecule has 0 aliphatic heterocycles. The van der Waals surface area contributed by atoms with Gasteiger partial charge < -0.3 is 8.85 Å². The van der Waals surface area contributed by atoms with E-state index in [4.69, 9.17) is 8.85 Å². The van der Waals surface area contributed by atoms with Crippen molar-refractivity contribution >= 4 is 9.28 Å². The van der Waals surface area contributed by atoms with Gasteiger partial charge in [-0.15, -0.1) is 0 Å². The normalized spacial score (nSPS) is 19.5. The third-order valence-electron chi connectivity index (χ3n) is 4.36. The van der Waals surface area contributed by atoms with Crippen LogP contribution in [0, 0.1) is 11.8 Å². The molecule has 0 bridgehead atoms. The van der Waals surface area contributed by atoms with Crippen LogP contribution >= 0.6 is 0 Å². The van der Waals surface area contributed by atoms with Crippen LogP contribution in [0.2, 0.25) is 6.04 Å². The second-order valence-electron chi connectivity index (χ2n) is 6.12. The molecule has 0 aromatic carbocycles. The van der Waals surface area contributed by atoms with Crippen molar-refractivity contribution in [3.05, 3.63) is 11.8 Å². The van der Waals surface area contributed by atoms with Crippen LogP contribution in [-0.2, 0) is 8.85 Å². The molecule has 2 unspecified atom stereocenters. The SMILES string of the molecule is CCCCC(CC)C[SiH](OCC)OC(C)=CC1CCC1. The Morgan fingerprint density at radius 2 is 2.05 bits per heavy atom. The van der Waals surface area contributed by atoms with Crippen LogP contribution in [-0.4, -0.2) is 15.9 Å². The standard InChI is InChI=1S/C17H34O2Si/c1-5-8-10-16(6-2)14-20(18-7-3)19-15(4)13-17-11-9-12-17/h13,16-17,20H,5-12,14H2,1-4H3. The van der Waals surface area contributed by atoms with Gasteiger partial charge in [-0.2, -0.15) is 0 Å². The van der Waals surface area contributed by atoms with Crippen molar-refractivity contribution in [2.24, 2.45) is 11.8 Å². The summed E-state index contributed by atoms with van der Waals surface area (Å²) in [4.78, 5) is 0. The summed E-state index contributed by atoms with van der Waals surface area (Å²) in [6.45, 7) is 9.56. The monoisotopic (exact) mass is 298 g/mol. The minimum atomic E-state index is -1.52. The van der Waals surface area contributed by atoms with E-state index in [0.717, 1.165) is 24.2 Å². The van der Waals surface area contributed by atoms with Crippen molar-refractivity contribution in [1.29, 1.82) is 0 Å². The Hall–Kier alpha value is -0.283. The highest BCUT2D eigenvalue weighted by Crippen LogP contribution is 2.29. The zero-order valence-electron chi connectivity index (χ0n) is 14.0. The number of unbranched alkanes of at least 4 members (excludes halogenated alkanes) is 1. The maximum Gasteiger partial charge on any atom is 0.382 e. The molecule has 0 spiro atoms. The average Bonchev–Trinajstić information content (AvgIpc) is 2.39. The van der Waals surface area contributed by atoms with E-state index in [0.29, 0.717) is 0 Å². The van der Waals surface area contributed by atoms with Gasteiger partial charge in [0.1, 0.15) is 0 Å². The van der Waals surface area contributed by atoms with Gasteiger partial charge in [-0.3, -0.25) is 0 Å². The zero-order chi connectivity index (χ0) is 14.8. The van der Waals surface area contributed by atoms with E-state index >= 15 is 0 Å². The lowest BCUT2D eigenvalue weighted by Crippen LogP contribution is -2.25. The van der Waals surface area contributed by atoms with Gasteiger partial charge in [0.15, 0.2) is 0 Å². The van der Waals surface area contributed by atoms with Crippen molar-refractivity contribution in [2.75, 3.05) is 6.61 Å². The molecule has 1 fully saturated rings. The largest absolute Gasteiger partial charge is 0.526 e. The van der Waals surface area contributed by atoms with E-state index in [1.807, 2.05) is 0 Å². The highest BCUT2D eigenvalue weighted by Gasteiger charge is 2.21. The summed E-state index contributed by atoms with van der Waals surface area (Å²) in [7, 11) is -1.52. The lowest BCUT2D eigenvalue weighted by Gasteiger charge is -2.25. The van der Waals surface area contributed by atoms with Crippen LogP contribution in [0.15, 0.2) is 11.8 Å². The summed E-state index contributed by atoms with van der Waals surface area (Å²) in [6, 6.07) is 1.17. The molecule has 118 valence electrons. The smallest absolute Gasteiger partial charge is 0.382 e.